The van der Waals surface area contributed by atoms with Crippen LogP contribution in [-0.2, 0) is 15.8 Å². The second kappa shape index (κ2) is 9.81. The van der Waals surface area contributed by atoms with Gasteiger partial charge in [0.1, 0.15) is 0 Å². The van der Waals surface area contributed by atoms with Crippen LogP contribution in [0.2, 0.25) is 0 Å². The minimum absolute atomic E-state index is 0.221. The van der Waals surface area contributed by atoms with E-state index in [1.165, 1.54) is 32.4 Å². The summed E-state index contributed by atoms with van der Waals surface area (Å²) in [5.41, 5.74) is 0.0921. The summed E-state index contributed by atoms with van der Waals surface area (Å²) >= 11 is 0. The first-order valence-corrected chi connectivity index (χ1v) is 8.72. The van der Waals surface area contributed by atoms with Crippen LogP contribution in [0, 0.1) is 0 Å². The number of alkyl halides is 3. The Morgan fingerprint density at radius 1 is 1.17 bits per heavy atom. The van der Waals surface area contributed by atoms with Crippen molar-refractivity contribution in [2.45, 2.75) is 26.1 Å². The predicted octanol–water partition coefficient (Wildman–Crippen LogP) is 4.49. The van der Waals surface area contributed by atoms with E-state index in [0.29, 0.717) is 23.7 Å². The van der Waals surface area contributed by atoms with Gasteiger partial charge in [-0.2, -0.15) is 13.2 Å². The van der Waals surface area contributed by atoms with Crippen LogP contribution in [0.3, 0.4) is 0 Å². The van der Waals surface area contributed by atoms with Gasteiger partial charge >= 0.3 is 6.18 Å². The fourth-order valence-electron chi connectivity index (χ4n) is 2.26. The molecule has 0 unspecified atom stereocenters. The smallest absolute Gasteiger partial charge is 0.416 e. The van der Waals surface area contributed by atoms with Crippen molar-refractivity contribution in [1.82, 2.24) is 0 Å². The second-order valence-corrected chi connectivity index (χ2v) is 5.89. The fourth-order valence-corrected chi connectivity index (χ4v) is 2.26. The molecule has 0 aromatic heterocycles. The monoisotopic (exact) mass is 410 g/mol. The highest BCUT2D eigenvalue weighted by Crippen LogP contribution is 2.30. The lowest BCUT2D eigenvalue weighted by Gasteiger charge is -2.12. The molecule has 6 nitrogen and oxygen atoms in total. The fraction of sp³-hybridized carbons (Fsp3) is 0.300. The number of oxime groups is 1. The van der Waals surface area contributed by atoms with Crippen molar-refractivity contribution in [3.63, 3.8) is 0 Å². The van der Waals surface area contributed by atoms with Gasteiger partial charge in [0.15, 0.2) is 11.5 Å². The van der Waals surface area contributed by atoms with E-state index < -0.39 is 23.8 Å². The molecule has 1 N–H and O–H groups in total. The largest absolute Gasteiger partial charge is 0.493 e. The molecule has 0 spiro atoms. The number of anilines is 1. The first-order chi connectivity index (χ1) is 13.7. The van der Waals surface area contributed by atoms with Gasteiger partial charge in [0.2, 0.25) is 6.10 Å². The molecule has 2 rings (SSSR count). The van der Waals surface area contributed by atoms with E-state index in [4.69, 9.17) is 14.3 Å². The molecule has 0 fully saturated rings. The van der Waals surface area contributed by atoms with Crippen LogP contribution in [0.4, 0.5) is 18.9 Å². The summed E-state index contributed by atoms with van der Waals surface area (Å²) in [6.07, 6.45) is -3.99. The van der Waals surface area contributed by atoms with Crippen LogP contribution in [0.5, 0.6) is 11.5 Å². The summed E-state index contributed by atoms with van der Waals surface area (Å²) in [6.45, 7) is 3.83. The zero-order valence-electron chi connectivity index (χ0n) is 16.1. The van der Waals surface area contributed by atoms with Crippen LogP contribution < -0.4 is 14.8 Å². The van der Waals surface area contributed by atoms with Gasteiger partial charge in [-0.3, -0.25) is 4.79 Å². The topological polar surface area (TPSA) is 69.2 Å². The molecule has 0 aliphatic carbocycles. The Bertz CT molecular complexity index is 852. The van der Waals surface area contributed by atoms with Crippen LogP contribution in [-0.4, -0.2) is 31.9 Å². The Labute approximate surface area is 166 Å². The lowest BCUT2D eigenvalue weighted by molar-refractivity contribution is -0.137. The maximum atomic E-state index is 12.6. The van der Waals surface area contributed by atoms with Crippen LogP contribution in [0.15, 0.2) is 47.6 Å². The predicted molar refractivity (Wildman–Crippen MR) is 102 cm³/mol. The van der Waals surface area contributed by atoms with E-state index >= 15 is 0 Å². The number of nitrogens with one attached hydrogen (secondary N) is 1. The number of rotatable bonds is 8. The Balaban J connectivity index is 1.92. The lowest BCUT2D eigenvalue weighted by Crippen LogP contribution is -2.26. The standard InChI is InChI=1S/C20H21F3N2O4/c1-4-28-17-10-5-14(11-18(17)27-3)12-24-29-13(2)19(26)25-16-8-6-15(7-9-16)20(21,22)23/h5-13H,4H2,1-3H3,(H,25,26)/b24-12-/t13-/m0/s1. The number of methoxy groups -OCH3 is 1. The number of hydrogen-bond acceptors (Lipinski definition) is 5. The summed E-state index contributed by atoms with van der Waals surface area (Å²) in [4.78, 5) is 17.2. The normalized spacial score (nSPS) is 12.5. The van der Waals surface area contributed by atoms with Gasteiger partial charge in [-0.25, -0.2) is 0 Å². The minimum atomic E-state index is -4.43. The van der Waals surface area contributed by atoms with E-state index in [1.807, 2.05) is 6.92 Å². The molecule has 0 aliphatic heterocycles. The maximum absolute atomic E-state index is 12.6. The van der Waals surface area contributed by atoms with E-state index in [0.717, 1.165) is 12.1 Å². The number of nitrogens with zero attached hydrogens (tertiary/aromatic N) is 1. The number of amides is 1. The minimum Gasteiger partial charge on any atom is -0.493 e. The van der Waals surface area contributed by atoms with Crippen LogP contribution in [0.1, 0.15) is 25.0 Å². The van der Waals surface area contributed by atoms with E-state index in [9.17, 15) is 18.0 Å². The Morgan fingerprint density at radius 2 is 1.86 bits per heavy atom. The number of halogens is 3. The number of benzene rings is 2. The van der Waals surface area contributed by atoms with E-state index in [1.54, 1.807) is 18.2 Å². The Hall–Kier alpha value is -3.23. The molecule has 9 heteroatoms. The average Bonchev–Trinajstić information content (AvgIpc) is 2.68. The molecule has 0 bridgehead atoms. The number of carbonyl (C=O) groups is 1. The van der Waals surface area contributed by atoms with Crippen molar-refractivity contribution in [1.29, 1.82) is 0 Å². The number of ether oxygens (including phenoxy) is 2. The quantitative estimate of drug-likeness (QED) is 0.514. The van der Waals surface area contributed by atoms with Crippen LogP contribution >= 0.6 is 0 Å². The van der Waals surface area contributed by atoms with Gasteiger partial charge in [0.25, 0.3) is 5.91 Å². The first kappa shape index (κ1) is 22.1. The molecule has 1 atom stereocenters. The summed E-state index contributed by atoms with van der Waals surface area (Å²) in [5, 5.41) is 6.24. The van der Waals surface area contributed by atoms with Crippen molar-refractivity contribution in [2.75, 3.05) is 19.0 Å². The average molecular weight is 410 g/mol. The lowest BCUT2D eigenvalue weighted by atomic mass is 10.2. The molecule has 0 saturated carbocycles. The molecule has 1 amide bonds. The van der Waals surface area contributed by atoms with Gasteiger partial charge in [0.05, 0.1) is 25.5 Å². The molecule has 29 heavy (non-hydrogen) atoms. The molecular formula is C20H21F3N2O4. The van der Waals surface area contributed by atoms with E-state index in [-0.39, 0.29) is 5.69 Å². The number of hydrogen-bond donors (Lipinski definition) is 1. The van der Waals surface area contributed by atoms with Gasteiger partial charge < -0.3 is 19.6 Å². The Kier molecular flexibility index (Phi) is 7.46. The molecule has 0 heterocycles. The maximum Gasteiger partial charge on any atom is 0.416 e. The molecule has 2 aromatic carbocycles. The zero-order chi connectivity index (χ0) is 21.4. The molecule has 156 valence electrons. The molecular weight excluding hydrogens is 389 g/mol. The summed E-state index contributed by atoms with van der Waals surface area (Å²) in [6, 6.07) is 9.28. The van der Waals surface area contributed by atoms with Gasteiger partial charge in [-0.05, 0) is 56.3 Å². The van der Waals surface area contributed by atoms with Crippen molar-refractivity contribution in [3.05, 3.63) is 53.6 Å². The molecule has 0 saturated heterocycles. The Morgan fingerprint density at radius 3 is 2.45 bits per heavy atom. The zero-order valence-corrected chi connectivity index (χ0v) is 16.1. The number of carbonyl (C=O) groups excluding carboxylic acids is 1. The summed E-state index contributed by atoms with van der Waals surface area (Å²) < 4.78 is 48.3. The third-order valence-corrected chi connectivity index (χ3v) is 3.76. The van der Waals surface area contributed by atoms with Crippen molar-refractivity contribution >= 4 is 17.8 Å². The third-order valence-electron chi connectivity index (χ3n) is 3.76. The van der Waals surface area contributed by atoms with Crippen molar-refractivity contribution < 1.29 is 32.3 Å². The summed E-state index contributed by atoms with van der Waals surface area (Å²) in [5.74, 6) is 0.576. The van der Waals surface area contributed by atoms with Gasteiger partial charge in [-0.1, -0.05) is 5.16 Å². The highest BCUT2D eigenvalue weighted by molar-refractivity contribution is 5.94. The molecule has 0 aliphatic rings. The molecule has 0 radical (unpaired) electrons. The highest BCUT2D eigenvalue weighted by atomic mass is 19.4. The summed E-state index contributed by atoms with van der Waals surface area (Å²) in [7, 11) is 1.52. The van der Waals surface area contributed by atoms with Gasteiger partial charge in [-0.15, -0.1) is 0 Å². The van der Waals surface area contributed by atoms with Gasteiger partial charge in [0, 0.05) is 11.3 Å². The van der Waals surface area contributed by atoms with Crippen molar-refractivity contribution in [3.8, 4) is 11.5 Å². The first-order valence-electron chi connectivity index (χ1n) is 8.72. The molecule has 2 aromatic rings. The third kappa shape index (κ3) is 6.41. The van der Waals surface area contributed by atoms with Crippen LogP contribution in [0.25, 0.3) is 0 Å². The second-order valence-electron chi connectivity index (χ2n) is 5.89. The van der Waals surface area contributed by atoms with E-state index in [2.05, 4.69) is 10.5 Å². The SMILES string of the molecule is CCOc1ccc(/C=N\O[C@@H](C)C(=O)Nc2ccc(C(F)(F)F)cc2)cc1OC. The highest BCUT2D eigenvalue weighted by Gasteiger charge is 2.30. The van der Waals surface area contributed by atoms with Crippen molar-refractivity contribution in [2.24, 2.45) is 5.16 Å².